The van der Waals surface area contributed by atoms with Crippen molar-refractivity contribution < 1.29 is 19.1 Å². The minimum Gasteiger partial charge on any atom is -0.493 e. The molecule has 0 aliphatic carbocycles. The van der Waals surface area contributed by atoms with Crippen LogP contribution in [0.4, 0.5) is 5.69 Å². The van der Waals surface area contributed by atoms with Crippen molar-refractivity contribution in [1.82, 2.24) is 0 Å². The number of nitrogens with one attached hydrogen (secondary N) is 1. The lowest BCUT2D eigenvalue weighted by Crippen LogP contribution is -2.17. The number of hydrogen-bond acceptors (Lipinski definition) is 5. The van der Waals surface area contributed by atoms with Gasteiger partial charge in [-0.25, -0.2) is 0 Å². The number of carbonyl (C=O) groups excluding carboxylic acids is 1. The number of benzene rings is 2. The number of carbonyl (C=O) groups is 1. The summed E-state index contributed by atoms with van der Waals surface area (Å²) in [5, 5.41) is 6.63. The Bertz CT molecular complexity index is 796. The quantitative estimate of drug-likeness (QED) is 0.561. The smallest absolute Gasteiger partial charge is 0.265 e. The summed E-state index contributed by atoms with van der Waals surface area (Å²) in [7, 11) is 1.58. The minimum absolute atomic E-state index is 0.0532. The van der Waals surface area contributed by atoms with Crippen molar-refractivity contribution in [1.29, 1.82) is 0 Å². The van der Waals surface area contributed by atoms with Gasteiger partial charge in [0.05, 0.1) is 19.4 Å². The number of nitrogens with zero attached hydrogens (tertiary/aromatic N) is 1. The summed E-state index contributed by atoms with van der Waals surface area (Å²) in [4.78, 5) is 17.0. The van der Waals surface area contributed by atoms with Gasteiger partial charge in [-0.3, -0.25) is 4.79 Å². The van der Waals surface area contributed by atoms with Crippen LogP contribution in [0, 0.1) is 13.8 Å². The zero-order chi connectivity index (χ0) is 19.8. The Labute approximate surface area is 160 Å². The minimum atomic E-state index is -0.268. The molecule has 144 valence electrons. The molecule has 6 nitrogen and oxygen atoms in total. The molecule has 0 radical (unpaired) electrons. The van der Waals surface area contributed by atoms with Crippen LogP contribution in [0.5, 0.6) is 11.5 Å². The van der Waals surface area contributed by atoms with Crippen molar-refractivity contribution in [3.05, 3.63) is 53.1 Å². The van der Waals surface area contributed by atoms with Crippen molar-refractivity contribution >= 4 is 17.8 Å². The Hall–Kier alpha value is -3.02. The number of aryl methyl sites for hydroxylation is 2. The zero-order valence-electron chi connectivity index (χ0n) is 16.4. The molecular weight excluding hydrogens is 344 g/mol. The fourth-order valence-corrected chi connectivity index (χ4v) is 2.55. The number of rotatable bonds is 8. The summed E-state index contributed by atoms with van der Waals surface area (Å²) in [5.74, 6) is 1.01. The Balaban J connectivity index is 1.88. The van der Waals surface area contributed by atoms with E-state index in [0.717, 1.165) is 22.4 Å². The third kappa shape index (κ3) is 6.66. The number of oxime groups is 1. The molecule has 2 rings (SSSR count). The molecule has 2 aromatic carbocycles. The molecule has 0 aliphatic rings. The number of methoxy groups -OCH3 is 1. The fourth-order valence-electron chi connectivity index (χ4n) is 2.55. The Morgan fingerprint density at radius 2 is 1.81 bits per heavy atom. The van der Waals surface area contributed by atoms with Gasteiger partial charge in [0, 0.05) is 11.3 Å². The first-order chi connectivity index (χ1) is 12.9. The van der Waals surface area contributed by atoms with Crippen LogP contribution >= 0.6 is 0 Å². The lowest BCUT2D eigenvalue weighted by Gasteiger charge is -2.13. The average molecular weight is 370 g/mol. The van der Waals surface area contributed by atoms with E-state index in [1.165, 1.54) is 6.21 Å². The monoisotopic (exact) mass is 370 g/mol. The summed E-state index contributed by atoms with van der Waals surface area (Å²) in [6, 6.07) is 11.3. The molecule has 2 aromatic rings. The van der Waals surface area contributed by atoms with E-state index in [1.54, 1.807) is 13.2 Å². The second kappa shape index (κ2) is 9.62. The van der Waals surface area contributed by atoms with Crippen molar-refractivity contribution in [2.75, 3.05) is 19.0 Å². The first kappa shape index (κ1) is 20.3. The summed E-state index contributed by atoms with van der Waals surface area (Å²) >= 11 is 0. The van der Waals surface area contributed by atoms with Gasteiger partial charge in [0.25, 0.3) is 5.91 Å². The van der Waals surface area contributed by atoms with Crippen molar-refractivity contribution in [3.8, 4) is 11.5 Å². The summed E-state index contributed by atoms with van der Waals surface area (Å²) in [6.45, 7) is 7.69. The second-order valence-corrected chi connectivity index (χ2v) is 6.51. The maximum absolute atomic E-state index is 11.9. The summed E-state index contributed by atoms with van der Waals surface area (Å²) < 4.78 is 11.0. The molecule has 0 fully saturated rings. The van der Waals surface area contributed by atoms with Gasteiger partial charge < -0.3 is 19.6 Å². The molecule has 0 atom stereocenters. The molecule has 1 N–H and O–H groups in total. The van der Waals surface area contributed by atoms with Gasteiger partial charge in [0.1, 0.15) is 0 Å². The molecule has 0 spiro atoms. The lowest BCUT2D eigenvalue weighted by molar-refractivity contribution is -0.120. The van der Waals surface area contributed by atoms with Crippen LogP contribution in [0.15, 0.2) is 41.6 Å². The molecule has 27 heavy (non-hydrogen) atoms. The second-order valence-electron chi connectivity index (χ2n) is 6.51. The van der Waals surface area contributed by atoms with Crippen LogP contribution in [-0.4, -0.2) is 31.9 Å². The van der Waals surface area contributed by atoms with E-state index in [0.29, 0.717) is 11.5 Å². The van der Waals surface area contributed by atoms with Crippen LogP contribution in [0.1, 0.15) is 30.5 Å². The lowest BCUT2D eigenvalue weighted by atomic mass is 10.1. The van der Waals surface area contributed by atoms with Crippen LogP contribution < -0.4 is 14.8 Å². The van der Waals surface area contributed by atoms with Gasteiger partial charge in [0.15, 0.2) is 18.1 Å². The average Bonchev–Trinajstić information content (AvgIpc) is 2.58. The largest absolute Gasteiger partial charge is 0.493 e. The van der Waals surface area contributed by atoms with Gasteiger partial charge in [-0.2, -0.15) is 0 Å². The van der Waals surface area contributed by atoms with Crippen LogP contribution in [0.2, 0.25) is 0 Å². The fraction of sp³-hybridized carbons (Fsp3) is 0.333. The number of ether oxygens (including phenoxy) is 2. The summed E-state index contributed by atoms with van der Waals surface area (Å²) in [6.07, 6.45) is 1.57. The third-order valence-corrected chi connectivity index (χ3v) is 3.53. The Morgan fingerprint density at radius 3 is 2.44 bits per heavy atom. The molecule has 1 amide bonds. The standard InChI is InChI=1S/C21H26N2O4/c1-14(2)27-19-7-6-17(11-20(19)25-5)12-22-26-13-21(24)23-18-9-15(3)8-16(4)10-18/h6-12,14H,13H2,1-5H3,(H,23,24)/b22-12-. The van der Waals surface area contributed by atoms with Crippen LogP contribution in [-0.2, 0) is 9.63 Å². The van der Waals surface area contributed by atoms with E-state index in [1.807, 2.05) is 58.0 Å². The van der Waals surface area contributed by atoms with Crippen LogP contribution in [0.3, 0.4) is 0 Å². The number of hydrogen-bond donors (Lipinski definition) is 1. The van der Waals surface area contributed by atoms with Crippen molar-refractivity contribution in [2.45, 2.75) is 33.8 Å². The first-order valence-electron chi connectivity index (χ1n) is 8.75. The number of amides is 1. The molecule has 0 saturated carbocycles. The Kier molecular flexibility index (Phi) is 7.23. The maximum Gasteiger partial charge on any atom is 0.265 e. The van der Waals surface area contributed by atoms with Gasteiger partial charge in [-0.1, -0.05) is 11.2 Å². The molecule has 0 unspecified atom stereocenters. The SMILES string of the molecule is COc1cc(/C=N\OCC(=O)Nc2cc(C)cc(C)c2)ccc1OC(C)C. The molecular formula is C21H26N2O4. The normalized spacial score (nSPS) is 10.9. The van der Waals surface area contributed by atoms with Crippen molar-refractivity contribution in [2.24, 2.45) is 5.16 Å². The maximum atomic E-state index is 11.9. The predicted molar refractivity (Wildman–Crippen MR) is 107 cm³/mol. The number of anilines is 1. The zero-order valence-corrected chi connectivity index (χ0v) is 16.4. The van der Waals surface area contributed by atoms with Crippen molar-refractivity contribution in [3.63, 3.8) is 0 Å². The highest BCUT2D eigenvalue weighted by Crippen LogP contribution is 2.28. The van der Waals surface area contributed by atoms with E-state index in [4.69, 9.17) is 14.3 Å². The van der Waals surface area contributed by atoms with E-state index >= 15 is 0 Å². The van der Waals surface area contributed by atoms with Gasteiger partial charge >= 0.3 is 0 Å². The highest BCUT2D eigenvalue weighted by Gasteiger charge is 2.07. The van der Waals surface area contributed by atoms with Gasteiger partial charge in [0.2, 0.25) is 0 Å². The van der Waals surface area contributed by atoms with E-state index in [-0.39, 0.29) is 18.6 Å². The predicted octanol–water partition coefficient (Wildman–Crippen LogP) is 4.09. The highest BCUT2D eigenvalue weighted by atomic mass is 16.6. The first-order valence-corrected chi connectivity index (χ1v) is 8.75. The third-order valence-electron chi connectivity index (χ3n) is 3.53. The highest BCUT2D eigenvalue weighted by molar-refractivity contribution is 5.92. The van der Waals surface area contributed by atoms with Gasteiger partial charge in [-0.15, -0.1) is 0 Å². The molecule has 0 aromatic heterocycles. The van der Waals surface area contributed by atoms with Gasteiger partial charge in [-0.05, 0) is 69.2 Å². The Morgan fingerprint density at radius 1 is 1.11 bits per heavy atom. The topological polar surface area (TPSA) is 69.2 Å². The van der Waals surface area contributed by atoms with E-state index < -0.39 is 0 Å². The molecule has 0 bridgehead atoms. The van der Waals surface area contributed by atoms with E-state index in [9.17, 15) is 4.79 Å². The summed E-state index contributed by atoms with van der Waals surface area (Å²) in [5.41, 5.74) is 3.69. The molecule has 0 saturated heterocycles. The molecule has 6 heteroatoms. The molecule has 0 heterocycles. The molecule has 0 aliphatic heterocycles. The van der Waals surface area contributed by atoms with Crippen LogP contribution in [0.25, 0.3) is 0 Å². The van der Waals surface area contributed by atoms with E-state index in [2.05, 4.69) is 10.5 Å².